The van der Waals surface area contributed by atoms with Crippen molar-refractivity contribution in [2.75, 3.05) is 6.61 Å². The van der Waals surface area contributed by atoms with Crippen molar-refractivity contribution < 1.29 is 14.6 Å². The summed E-state index contributed by atoms with van der Waals surface area (Å²) in [6, 6.07) is 0. The maximum Gasteiger partial charge on any atom is 0.305 e. The summed E-state index contributed by atoms with van der Waals surface area (Å²) >= 11 is 0. The molecular formula is C15H26O3. The van der Waals surface area contributed by atoms with Gasteiger partial charge in [0.1, 0.15) is 0 Å². The topological polar surface area (TPSA) is 46.5 Å². The second kappa shape index (κ2) is 5.60. The molecular weight excluding hydrogens is 228 g/mol. The lowest BCUT2D eigenvalue weighted by Gasteiger charge is -2.42. The highest BCUT2D eigenvalue weighted by Crippen LogP contribution is 2.51. The number of rotatable bonds is 4. The molecule has 0 bridgehead atoms. The SMILES string of the molecule is CCOC(=O)CCC1(O)CCC2(CCCC2)CC1. The second-order valence-electron chi connectivity index (χ2n) is 6.24. The van der Waals surface area contributed by atoms with Crippen molar-refractivity contribution in [1.29, 1.82) is 0 Å². The predicted molar refractivity (Wildman–Crippen MR) is 70.2 cm³/mol. The Balaban J connectivity index is 1.78. The zero-order valence-electron chi connectivity index (χ0n) is 11.5. The zero-order valence-corrected chi connectivity index (χ0v) is 11.5. The molecule has 2 aliphatic carbocycles. The van der Waals surface area contributed by atoms with E-state index in [1.165, 1.54) is 25.7 Å². The van der Waals surface area contributed by atoms with E-state index in [4.69, 9.17) is 4.74 Å². The van der Waals surface area contributed by atoms with Gasteiger partial charge in [0.25, 0.3) is 0 Å². The molecule has 18 heavy (non-hydrogen) atoms. The molecule has 2 rings (SSSR count). The van der Waals surface area contributed by atoms with E-state index >= 15 is 0 Å². The normalized spacial score (nSPS) is 25.2. The minimum Gasteiger partial charge on any atom is -0.466 e. The van der Waals surface area contributed by atoms with Crippen molar-refractivity contribution in [3.63, 3.8) is 0 Å². The number of aliphatic hydroxyl groups is 1. The van der Waals surface area contributed by atoms with Gasteiger partial charge in [0.2, 0.25) is 0 Å². The third-order valence-corrected chi connectivity index (χ3v) is 5.01. The van der Waals surface area contributed by atoms with Gasteiger partial charge < -0.3 is 9.84 Å². The van der Waals surface area contributed by atoms with Gasteiger partial charge >= 0.3 is 5.97 Å². The molecule has 0 radical (unpaired) electrons. The first kappa shape index (κ1) is 13.9. The summed E-state index contributed by atoms with van der Waals surface area (Å²) in [6.07, 6.45) is 10.4. The van der Waals surface area contributed by atoms with Crippen LogP contribution in [0.25, 0.3) is 0 Å². The monoisotopic (exact) mass is 254 g/mol. The van der Waals surface area contributed by atoms with Crippen molar-refractivity contribution in [3.8, 4) is 0 Å². The van der Waals surface area contributed by atoms with Gasteiger partial charge in [0, 0.05) is 6.42 Å². The van der Waals surface area contributed by atoms with Crippen molar-refractivity contribution in [2.45, 2.75) is 76.7 Å². The Bertz CT molecular complexity index is 282. The fraction of sp³-hybridized carbons (Fsp3) is 0.933. The molecule has 0 amide bonds. The second-order valence-corrected chi connectivity index (χ2v) is 6.24. The quantitative estimate of drug-likeness (QED) is 0.784. The van der Waals surface area contributed by atoms with Gasteiger partial charge in [-0.15, -0.1) is 0 Å². The lowest BCUT2D eigenvalue weighted by Crippen LogP contribution is -2.38. The molecule has 3 nitrogen and oxygen atoms in total. The lowest BCUT2D eigenvalue weighted by atomic mass is 9.67. The van der Waals surface area contributed by atoms with Gasteiger partial charge in [-0.05, 0) is 57.3 Å². The van der Waals surface area contributed by atoms with Crippen LogP contribution >= 0.6 is 0 Å². The Morgan fingerprint density at radius 1 is 1.11 bits per heavy atom. The molecule has 2 saturated carbocycles. The molecule has 0 aliphatic heterocycles. The van der Waals surface area contributed by atoms with E-state index in [0.717, 1.165) is 25.7 Å². The van der Waals surface area contributed by atoms with Gasteiger partial charge in [0.05, 0.1) is 12.2 Å². The third kappa shape index (κ3) is 3.25. The van der Waals surface area contributed by atoms with Gasteiger partial charge in [-0.25, -0.2) is 0 Å². The van der Waals surface area contributed by atoms with Gasteiger partial charge in [-0.2, -0.15) is 0 Å². The number of carbonyl (C=O) groups excluding carboxylic acids is 1. The van der Waals surface area contributed by atoms with E-state index in [9.17, 15) is 9.90 Å². The van der Waals surface area contributed by atoms with E-state index in [1.54, 1.807) is 0 Å². The van der Waals surface area contributed by atoms with E-state index in [-0.39, 0.29) is 5.97 Å². The van der Waals surface area contributed by atoms with Gasteiger partial charge in [0.15, 0.2) is 0 Å². The highest BCUT2D eigenvalue weighted by Gasteiger charge is 2.42. The minimum absolute atomic E-state index is 0.174. The Kier molecular flexibility index (Phi) is 4.31. The fourth-order valence-corrected chi connectivity index (χ4v) is 3.69. The highest BCUT2D eigenvalue weighted by molar-refractivity contribution is 5.69. The number of hydrogen-bond acceptors (Lipinski definition) is 3. The smallest absolute Gasteiger partial charge is 0.305 e. The van der Waals surface area contributed by atoms with E-state index in [0.29, 0.717) is 24.9 Å². The van der Waals surface area contributed by atoms with Crippen LogP contribution < -0.4 is 0 Å². The Hall–Kier alpha value is -0.570. The standard InChI is InChI=1S/C15H26O3/c1-2-18-13(16)5-8-15(17)11-9-14(10-12-15)6-3-4-7-14/h17H,2-12H2,1H3. The molecule has 1 N–H and O–H groups in total. The van der Waals surface area contributed by atoms with Crippen molar-refractivity contribution in [3.05, 3.63) is 0 Å². The molecule has 0 atom stereocenters. The summed E-state index contributed by atoms with van der Waals surface area (Å²) < 4.78 is 4.92. The van der Waals surface area contributed by atoms with Crippen molar-refractivity contribution in [1.82, 2.24) is 0 Å². The molecule has 1 spiro atoms. The number of hydrogen-bond donors (Lipinski definition) is 1. The maximum atomic E-state index is 11.3. The summed E-state index contributed by atoms with van der Waals surface area (Å²) in [5, 5.41) is 10.5. The molecule has 0 unspecified atom stereocenters. The van der Waals surface area contributed by atoms with E-state index in [2.05, 4.69) is 0 Å². The number of ether oxygens (including phenoxy) is 1. The molecule has 0 heterocycles. The first-order valence-electron chi connectivity index (χ1n) is 7.46. The van der Waals surface area contributed by atoms with Gasteiger partial charge in [-0.3, -0.25) is 4.79 Å². The lowest BCUT2D eigenvalue weighted by molar-refractivity contribution is -0.145. The molecule has 3 heteroatoms. The third-order valence-electron chi connectivity index (χ3n) is 5.01. The summed E-state index contributed by atoms with van der Waals surface area (Å²) in [4.78, 5) is 11.3. The Morgan fingerprint density at radius 2 is 1.72 bits per heavy atom. The van der Waals surface area contributed by atoms with Crippen LogP contribution in [0.5, 0.6) is 0 Å². The van der Waals surface area contributed by atoms with Crippen LogP contribution in [0.15, 0.2) is 0 Å². The summed E-state index contributed by atoms with van der Waals surface area (Å²) in [5.74, 6) is -0.174. The highest BCUT2D eigenvalue weighted by atomic mass is 16.5. The average molecular weight is 254 g/mol. The molecule has 2 fully saturated rings. The molecule has 2 aliphatic rings. The Morgan fingerprint density at radius 3 is 2.28 bits per heavy atom. The minimum atomic E-state index is -0.611. The van der Waals surface area contributed by atoms with Crippen LogP contribution in [0.4, 0.5) is 0 Å². The predicted octanol–water partition coefficient (Wildman–Crippen LogP) is 3.20. The molecule has 0 aromatic carbocycles. The van der Waals surface area contributed by atoms with Gasteiger partial charge in [-0.1, -0.05) is 12.8 Å². The fourth-order valence-electron chi connectivity index (χ4n) is 3.69. The average Bonchev–Trinajstić information content (AvgIpc) is 2.81. The largest absolute Gasteiger partial charge is 0.466 e. The van der Waals surface area contributed by atoms with Crippen LogP contribution in [0.2, 0.25) is 0 Å². The summed E-state index contributed by atoms with van der Waals surface area (Å²) in [5.41, 5.74) is -0.0727. The number of esters is 1. The van der Waals surface area contributed by atoms with Crippen molar-refractivity contribution in [2.24, 2.45) is 5.41 Å². The molecule has 104 valence electrons. The summed E-state index contributed by atoms with van der Waals surface area (Å²) in [7, 11) is 0. The maximum absolute atomic E-state index is 11.3. The van der Waals surface area contributed by atoms with Crippen LogP contribution in [0, 0.1) is 5.41 Å². The van der Waals surface area contributed by atoms with E-state index < -0.39 is 5.60 Å². The van der Waals surface area contributed by atoms with Crippen LogP contribution in [0.3, 0.4) is 0 Å². The summed E-state index contributed by atoms with van der Waals surface area (Å²) in [6.45, 7) is 2.25. The molecule has 0 aromatic heterocycles. The van der Waals surface area contributed by atoms with Crippen LogP contribution in [0.1, 0.15) is 71.1 Å². The zero-order chi connectivity index (χ0) is 13.1. The molecule has 0 aromatic rings. The molecule has 0 saturated heterocycles. The number of carbonyl (C=O) groups is 1. The first-order valence-corrected chi connectivity index (χ1v) is 7.46. The van der Waals surface area contributed by atoms with Crippen molar-refractivity contribution >= 4 is 5.97 Å². The van der Waals surface area contributed by atoms with Crippen LogP contribution in [-0.4, -0.2) is 23.3 Å². The van der Waals surface area contributed by atoms with Crippen LogP contribution in [-0.2, 0) is 9.53 Å². The Labute approximate surface area is 110 Å². The first-order chi connectivity index (χ1) is 8.58. The van der Waals surface area contributed by atoms with E-state index in [1.807, 2.05) is 6.92 Å².